The van der Waals surface area contributed by atoms with E-state index in [1.54, 1.807) is 13.0 Å². The number of benzene rings is 2. The molecule has 0 aliphatic carbocycles. The van der Waals surface area contributed by atoms with Crippen molar-refractivity contribution < 1.29 is 40.4 Å². The summed E-state index contributed by atoms with van der Waals surface area (Å²) in [7, 11) is -5.06. The van der Waals surface area contributed by atoms with Gasteiger partial charge in [0.1, 0.15) is 40.5 Å². The number of hydrogen-bond acceptors (Lipinski definition) is 9. The zero-order valence-electron chi connectivity index (χ0n) is 22.6. The van der Waals surface area contributed by atoms with E-state index in [0.29, 0.717) is 30.4 Å². The number of primary amides is 1. The summed E-state index contributed by atoms with van der Waals surface area (Å²) in [4.78, 5) is 12.6. The minimum absolute atomic E-state index is 0.0608. The zero-order valence-corrected chi connectivity index (χ0v) is 23.5. The minimum Gasteiger partial charge on any atom is -0.484 e. The van der Waals surface area contributed by atoms with Crippen molar-refractivity contribution in [1.82, 2.24) is 15.4 Å². The molecule has 5 rings (SSSR count). The Kier molecular flexibility index (Phi) is 8.59. The summed E-state index contributed by atoms with van der Waals surface area (Å²) in [5.74, 6) is -4.00. The summed E-state index contributed by atoms with van der Waals surface area (Å²) in [6.07, 6.45) is 0.793. The Morgan fingerprint density at radius 3 is 2.53 bits per heavy atom. The van der Waals surface area contributed by atoms with Gasteiger partial charge in [0.2, 0.25) is 0 Å². The molecule has 43 heavy (non-hydrogen) atoms. The minimum atomic E-state index is -5.06. The highest BCUT2D eigenvalue weighted by molar-refractivity contribution is 7.93. The zero-order chi connectivity index (χ0) is 30.7. The predicted octanol–water partition coefficient (Wildman–Crippen LogP) is 5.04. The first kappa shape index (κ1) is 29.9. The molecule has 5 N–H and O–H groups in total. The van der Waals surface area contributed by atoms with Crippen LogP contribution in [0.1, 0.15) is 53.5 Å². The van der Waals surface area contributed by atoms with Crippen molar-refractivity contribution >= 4 is 33.3 Å². The molecule has 1 aliphatic heterocycles. The number of anilines is 3. The molecule has 1 fully saturated rings. The number of H-pyrrole nitrogens is 1. The molecule has 1 amide bonds. The second-order valence-electron chi connectivity index (χ2n) is 9.74. The Morgan fingerprint density at radius 1 is 1.14 bits per heavy atom. The predicted molar refractivity (Wildman–Crippen MR) is 149 cm³/mol. The standard InChI is InChI=1S/C27H27F3N6O6S/c1-14(15-2-5-18(28)6-3-15)41-21-12-17(4-7-19(21)36-43(38,39)27(29)30)24-23(25(31)37)26(34-33-24)32-22-13-20(42-35-22)16-8-10-40-11-9-16/h2-7,12-14,16,27,36H,8-11H2,1H3,(H2,31,37)(H2,32,33,34,35)/t14-/m0/s1. The number of hydrogen-bond donors (Lipinski definition) is 4. The molecule has 1 atom stereocenters. The van der Waals surface area contributed by atoms with E-state index in [4.69, 9.17) is 19.7 Å². The fourth-order valence-electron chi connectivity index (χ4n) is 4.57. The van der Waals surface area contributed by atoms with E-state index in [1.807, 2.05) is 4.72 Å². The quantitative estimate of drug-likeness (QED) is 0.179. The summed E-state index contributed by atoms with van der Waals surface area (Å²) >= 11 is 0. The van der Waals surface area contributed by atoms with E-state index in [9.17, 15) is 26.4 Å². The lowest BCUT2D eigenvalue weighted by atomic mass is 9.98. The number of aromatic nitrogens is 3. The van der Waals surface area contributed by atoms with Gasteiger partial charge in [0.25, 0.3) is 15.9 Å². The van der Waals surface area contributed by atoms with Gasteiger partial charge < -0.3 is 25.0 Å². The molecule has 12 nitrogen and oxygen atoms in total. The van der Waals surface area contributed by atoms with Crippen LogP contribution in [0.25, 0.3) is 11.3 Å². The van der Waals surface area contributed by atoms with Gasteiger partial charge in [0.15, 0.2) is 5.82 Å². The Morgan fingerprint density at radius 2 is 1.86 bits per heavy atom. The summed E-state index contributed by atoms with van der Waals surface area (Å²) < 4.78 is 82.2. The third-order valence-corrected chi connectivity index (χ3v) is 7.78. The molecular formula is C27H27F3N6O6S. The third kappa shape index (κ3) is 6.75. The van der Waals surface area contributed by atoms with Crippen LogP contribution in [0.15, 0.2) is 53.1 Å². The molecule has 4 aromatic rings. The molecule has 2 aromatic heterocycles. The van der Waals surface area contributed by atoms with Gasteiger partial charge >= 0.3 is 5.76 Å². The Bertz CT molecular complexity index is 1700. The van der Waals surface area contributed by atoms with Crippen LogP contribution in [0, 0.1) is 5.82 Å². The number of sulfonamides is 1. The fraction of sp³-hybridized carbons (Fsp3) is 0.296. The van der Waals surface area contributed by atoms with Crippen LogP contribution in [-0.2, 0) is 14.8 Å². The second-order valence-corrected chi connectivity index (χ2v) is 11.4. The monoisotopic (exact) mass is 620 g/mol. The van der Waals surface area contributed by atoms with Gasteiger partial charge in [0, 0.05) is 30.8 Å². The van der Waals surface area contributed by atoms with Gasteiger partial charge in [-0.05, 0) is 49.6 Å². The number of halogens is 3. The SMILES string of the molecule is C[C@H](Oc1cc(-c2n[nH]c(Nc3cc(C4CCOCC4)on3)c2C(N)=O)ccc1NS(=O)(=O)C(F)F)c1ccc(F)cc1. The fourth-order valence-corrected chi connectivity index (χ4v) is 5.14. The van der Waals surface area contributed by atoms with Crippen molar-refractivity contribution in [2.45, 2.75) is 37.5 Å². The van der Waals surface area contributed by atoms with Gasteiger partial charge in [-0.25, -0.2) is 12.8 Å². The molecule has 228 valence electrons. The summed E-state index contributed by atoms with van der Waals surface area (Å²) in [5, 5.41) is 13.9. The summed E-state index contributed by atoms with van der Waals surface area (Å²) in [5.41, 5.74) is 6.16. The lowest BCUT2D eigenvalue weighted by Crippen LogP contribution is -2.21. The Hall–Kier alpha value is -4.57. The van der Waals surface area contributed by atoms with Gasteiger partial charge in [-0.3, -0.25) is 14.6 Å². The Balaban J connectivity index is 1.47. The number of ether oxygens (including phenoxy) is 2. The van der Waals surface area contributed by atoms with Crippen molar-refractivity contribution in [1.29, 1.82) is 0 Å². The number of carbonyl (C=O) groups is 1. The molecule has 1 aliphatic rings. The van der Waals surface area contributed by atoms with Gasteiger partial charge in [-0.2, -0.15) is 13.9 Å². The highest BCUT2D eigenvalue weighted by Gasteiger charge is 2.27. The molecule has 0 saturated carbocycles. The van der Waals surface area contributed by atoms with E-state index in [0.717, 1.165) is 12.8 Å². The Labute approximate surface area is 243 Å². The topological polar surface area (TPSA) is 174 Å². The number of nitrogens with one attached hydrogen (secondary N) is 3. The highest BCUT2D eigenvalue weighted by atomic mass is 32.2. The lowest BCUT2D eigenvalue weighted by Gasteiger charge is -2.19. The number of rotatable bonds is 11. The number of carbonyl (C=O) groups excluding carboxylic acids is 1. The van der Waals surface area contributed by atoms with Crippen molar-refractivity contribution in [2.24, 2.45) is 5.73 Å². The van der Waals surface area contributed by atoms with Crippen LogP contribution in [0.5, 0.6) is 5.75 Å². The maximum absolute atomic E-state index is 13.4. The van der Waals surface area contributed by atoms with Gasteiger partial charge in [-0.15, -0.1) is 0 Å². The van der Waals surface area contributed by atoms with Crippen LogP contribution in [-0.4, -0.2) is 48.7 Å². The smallest absolute Gasteiger partial charge is 0.355 e. The van der Waals surface area contributed by atoms with Gasteiger partial charge in [0.05, 0.1) is 5.69 Å². The molecule has 0 unspecified atom stereocenters. The maximum Gasteiger partial charge on any atom is 0.355 e. The van der Waals surface area contributed by atoms with Crippen LogP contribution >= 0.6 is 0 Å². The molecule has 2 aromatic carbocycles. The maximum atomic E-state index is 13.4. The van der Waals surface area contributed by atoms with Crippen molar-refractivity contribution in [3.05, 3.63) is 71.2 Å². The average Bonchev–Trinajstić information content (AvgIpc) is 3.62. The first-order valence-corrected chi connectivity index (χ1v) is 14.6. The number of amides is 1. The number of nitrogens with two attached hydrogens (primary N) is 1. The third-order valence-electron chi connectivity index (χ3n) is 6.80. The van der Waals surface area contributed by atoms with Crippen LogP contribution < -0.4 is 20.5 Å². The highest BCUT2D eigenvalue weighted by Crippen LogP contribution is 2.37. The van der Waals surface area contributed by atoms with E-state index in [1.165, 1.54) is 42.5 Å². The van der Waals surface area contributed by atoms with Crippen molar-refractivity contribution in [3.8, 4) is 17.0 Å². The largest absolute Gasteiger partial charge is 0.484 e. The average molecular weight is 621 g/mol. The van der Waals surface area contributed by atoms with Crippen molar-refractivity contribution in [3.63, 3.8) is 0 Å². The molecule has 0 spiro atoms. The van der Waals surface area contributed by atoms with Crippen LogP contribution in [0.2, 0.25) is 0 Å². The first-order valence-electron chi connectivity index (χ1n) is 13.1. The first-order chi connectivity index (χ1) is 20.5. The molecule has 0 bridgehead atoms. The summed E-state index contributed by atoms with van der Waals surface area (Å²) in [6.45, 7) is 2.82. The normalized spacial score (nSPS) is 14.9. The number of aromatic amines is 1. The number of alkyl halides is 2. The lowest BCUT2D eigenvalue weighted by molar-refractivity contribution is 0.0791. The van der Waals surface area contributed by atoms with Gasteiger partial charge in [-0.1, -0.05) is 23.4 Å². The van der Waals surface area contributed by atoms with E-state index >= 15 is 0 Å². The van der Waals surface area contributed by atoms with E-state index in [-0.39, 0.29) is 40.0 Å². The van der Waals surface area contributed by atoms with E-state index < -0.39 is 33.6 Å². The molecule has 16 heteroatoms. The summed E-state index contributed by atoms with van der Waals surface area (Å²) in [6, 6.07) is 10.9. The molecule has 0 radical (unpaired) electrons. The molecule has 3 heterocycles. The van der Waals surface area contributed by atoms with Crippen LogP contribution in [0.3, 0.4) is 0 Å². The molecule has 1 saturated heterocycles. The molecular weight excluding hydrogens is 593 g/mol. The van der Waals surface area contributed by atoms with Crippen molar-refractivity contribution in [2.75, 3.05) is 23.3 Å². The number of nitrogens with zero attached hydrogens (tertiary/aromatic N) is 2. The second kappa shape index (κ2) is 12.3. The van der Waals surface area contributed by atoms with Crippen LogP contribution in [0.4, 0.5) is 30.5 Å². The van der Waals surface area contributed by atoms with E-state index in [2.05, 4.69) is 20.7 Å².